The largest absolute Gasteiger partial charge is 0.490 e. The lowest BCUT2D eigenvalue weighted by Gasteiger charge is -2.57. The van der Waals surface area contributed by atoms with Gasteiger partial charge in [-0.3, -0.25) is 9.59 Å². The first kappa shape index (κ1) is 26.0. The number of allylic oxidation sites excluding steroid dienone is 2. The third kappa shape index (κ3) is 5.78. The summed E-state index contributed by atoms with van der Waals surface area (Å²) >= 11 is 0. The summed E-state index contributed by atoms with van der Waals surface area (Å²) in [5, 5.41) is 23.6. The average molecular weight is 521 g/mol. The molecule has 2 amide bonds. The molecule has 1 aliphatic heterocycles. The van der Waals surface area contributed by atoms with Crippen LogP contribution in [0, 0.1) is 10.8 Å². The average Bonchev–Trinajstić information content (AvgIpc) is 3.66. The fourth-order valence-corrected chi connectivity index (χ4v) is 5.56. The zero-order valence-electron chi connectivity index (χ0n) is 21.9. The summed E-state index contributed by atoms with van der Waals surface area (Å²) in [6, 6.07) is 5.78. The van der Waals surface area contributed by atoms with Crippen LogP contribution in [0.25, 0.3) is 0 Å². The highest BCUT2D eigenvalue weighted by Crippen LogP contribution is 2.57. The maximum atomic E-state index is 12.9. The van der Waals surface area contributed by atoms with Gasteiger partial charge in [0.2, 0.25) is 0 Å². The zero-order valence-corrected chi connectivity index (χ0v) is 21.9. The number of primary amides is 1. The van der Waals surface area contributed by atoms with Crippen LogP contribution >= 0.6 is 0 Å². The Morgan fingerprint density at radius 2 is 1.97 bits per heavy atom. The molecule has 0 atom stereocenters. The number of rotatable bonds is 10. The maximum absolute atomic E-state index is 12.9. The monoisotopic (exact) mass is 520 g/mol. The Kier molecular flexibility index (Phi) is 6.81. The Morgan fingerprint density at radius 1 is 1.24 bits per heavy atom. The molecule has 1 spiro atoms. The van der Waals surface area contributed by atoms with E-state index in [-0.39, 0.29) is 35.6 Å². The summed E-state index contributed by atoms with van der Waals surface area (Å²) in [4.78, 5) is 24.8. The lowest BCUT2D eigenvalue weighted by molar-refractivity contribution is -0.123. The molecule has 3 fully saturated rings. The first-order valence-electron chi connectivity index (χ1n) is 13.2. The van der Waals surface area contributed by atoms with E-state index in [2.05, 4.69) is 10.6 Å². The molecule has 0 aromatic heterocycles. The van der Waals surface area contributed by atoms with Gasteiger partial charge in [0, 0.05) is 18.5 Å². The number of carbonyl (C=O) groups excluding carboxylic acids is 2. The molecule has 38 heavy (non-hydrogen) atoms. The highest BCUT2D eigenvalue weighted by Gasteiger charge is 2.54. The topological polar surface area (TPSA) is 147 Å². The Balaban J connectivity index is 1.11. The Hall–Kier alpha value is -3.59. The van der Waals surface area contributed by atoms with Crippen LogP contribution in [-0.4, -0.2) is 47.5 Å². The first-order valence-corrected chi connectivity index (χ1v) is 13.2. The highest BCUT2D eigenvalue weighted by molar-refractivity contribution is 6.12. The smallest absolute Gasteiger partial charge is 0.255 e. The van der Waals surface area contributed by atoms with E-state index in [1.54, 1.807) is 38.3 Å². The van der Waals surface area contributed by atoms with Crippen LogP contribution in [0.4, 0.5) is 0 Å². The van der Waals surface area contributed by atoms with Crippen LogP contribution in [0.1, 0.15) is 74.2 Å². The van der Waals surface area contributed by atoms with Crippen molar-refractivity contribution in [2.75, 3.05) is 6.61 Å². The molecule has 3 saturated carbocycles. The minimum Gasteiger partial charge on any atom is -0.490 e. The summed E-state index contributed by atoms with van der Waals surface area (Å²) in [5.41, 5.74) is 7.15. The van der Waals surface area contributed by atoms with Crippen molar-refractivity contribution in [3.05, 3.63) is 64.7 Å². The van der Waals surface area contributed by atoms with Gasteiger partial charge < -0.3 is 36.4 Å². The molecule has 0 saturated heterocycles. The second kappa shape index (κ2) is 9.94. The molecule has 6 N–H and O–H groups in total. The number of aliphatic hydroxyl groups is 1. The molecule has 3 aliphatic carbocycles. The standard InChI is InChI=1S/C29H36N4O5/c1-28(2,36)16-37-20-6-8-24(32-15-20)23(14-30)27(35)33-19-10-29(11-19)12-21(13-29)38-25-9-18(17-3-4-17)5-7-22(25)26(31)34/h5-9,14-15,17,19,21,30,32,36H,3-4,10-13,16H2,1-2H3,(H2,31,34)(H,33,35)/b24-23+,30-14?. The van der Waals surface area contributed by atoms with Gasteiger partial charge in [-0.1, -0.05) is 6.07 Å². The van der Waals surface area contributed by atoms with E-state index in [0.717, 1.165) is 31.9 Å². The van der Waals surface area contributed by atoms with E-state index in [9.17, 15) is 14.7 Å². The van der Waals surface area contributed by atoms with Gasteiger partial charge in [0.25, 0.3) is 11.8 Å². The van der Waals surface area contributed by atoms with Crippen molar-refractivity contribution in [1.82, 2.24) is 10.6 Å². The molecule has 1 aromatic rings. The van der Waals surface area contributed by atoms with Gasteiger partial charge in [-0.05, 0) is 93.6 Å². The van der Waals surface area contributed by atoms with Crippen LogP contribution in [-0.2, 0) is 9.53 Å². The fraction of sp³-hybridized carbons (Fsp3) is 0.483. The summed E-state index contributed by atoms with van der Waals surface area (Å²) in [5.74, 6) is 0.911. The molecule has 202 valence electrons. The van der Waals surface area contributed by atoms with E-state index in [1.807, 2.05) is 12.1 Å². The predicted molar refractivity (Wildman–Crippen MR) is 143 cm³/mol. The van der Waals surface area contributed by atoms with E-state index < -0.39 is 11.5 Å². The van der Waals surface area contributed by atoms with E-state index in [0.29, 0.717) is 28.7 Å². The molecule has 1 aromatic carbocycles. The number of ether oxygens (including phenoxy) is 2. The van der Waals surface area contributed by atoms with Gasteiger partial charge in [0.05, 0.1) is 28.5 Å². The number of dihydropyridines is 1. The number of amides is 2. The molecular weight excluding hydrogens is 484 g/mol. The Morgan fingerprint density at radius 3 is 2.55 bits per heavy atom. The van der Waals surface area contributed by atoms with Crippen molar-refractivity contribution in [3.8, 4) is 5.75 Å². The molecule has 1 heterocycles. The summed E-state index contributed by atoms with van der Waals surface area (Å²) in [6.07, 6.45) is 11.9. The third-order valence-electron chi connectivity index (χ3n) is 7.68. The zero-order chi connectivity index (χ0) is 27.1. The lowest BCUT2D eigenvalue weighted by atomic mass is 9.53. The number of benzene rings is 1. The molecule has 9 nitrogen and oxygen atoms in total. The summed E-state index contributed by atoms with van der Waals surface area (Å²) < 4.78 is 11.8. The highest BCUT2D eigenvalue weighted by atomic mass is 16.5. The van der Waals surface area contributed by atoms with Crippen molar-refractivity contribution >= 4 is 18.0 Å². The first-order chi connectivity index (χ1) is 18.0. The van der Waals surface area contributed by atoms with Crippen molar-refractivity contribution in [2.24, 2.45) is 11.1 Å². The third-order valence-corrected chi connectivity index (χ3v) is 7.68. The van der Waals surface area contributed by atoms with Crippen molar-refractivity contribution in [3.63, 3.8) is 0 Å². The SMILES string of the molecule is CC(C)(O)COC1=CN/C(=C(\C=N)C(=O)NC2CC3(C2)CC(Oc2cc(C4CC4)ccc2C(N)=O)C3)C=C1. The maximum Gasteiger partial charge on any atom is 0.255 e. The molecule has 0 bridgehead atoms. The minimum atomic E-state index is -0.953. The van der Waals surface area contributed by atoms with Gasteiger partial charge in [-0.25, -0.2) is 0 Å². The van der Waals surface area contributed by atoms with E-state index in [1.165, 1.54) is 18.4 Å². The quantitative estimate of drug-likeness (QED) is 0.237. The van der Waals surface area contributed by atoms with Gasteiger partial charge in [-0.15, -0.1) is 0 Å². The number of hydrogen-bond donors (Lipinski definition) is 5. The molecule has 4 aliphatic rings. The summed E-state index contributed by atoms with van der Waals surface area (Å²) in [6.45, 7) is 3.45. The van der Waals surface area contributed by atoms with Crippen molar-refractivity contribution in [1.29, 1.82) is 5.41 Å². The van der Waals surface area contributed by atoms with Gasteiger partial charge in [0.15, 0.2) is 0 Å². The fourth-order valence-electron chi connectivity index (χ4n) is 5.56. The second-order valence-electron chi connectivity index (χ2n) is 11.7. The van der Waals surface area contributed by atoms with Crippen molar-refractivity contribution < 1.29 is 24.2 Å². The molecule has 5 rings (SSSR count). The number of hydrogen-bond acceptors (Lipinski definition) is 7. The van der Waals surface area contributed by atoms with Crippen LogP contribution < -0.4 is 21.1 Å². The van der Waals surface area contributed by atoms with Crippen LogP contribution in [0.3, 0.4) is 0 Å². The van der Waals surface area contributed by atoms with Crippen LogP contribution in [0.2, 0.25) is 0 Å². The number of nitrogens with one attached hydrogen (secondary N) is 3. The van der Waals surface area contributed by atoms with Gasteiger partial charge >= 0.3 is 0 Å². The second-order valence-corrected chi connectivity index (χ2v) is 11.7. The van der Waals surface area contributed by atoms with E-state index in [4.69, 9.17) is 20.6 Å². The normalized spacial score (nSPS) is 27.3. The van der Waals surface area contributed by atoms with Crippen molar-refractivity contribution in [2.45, 2.75) is 76.0 Å². The molecule has 0 unspecified atom stereocenters. The summed E-state index contributed by atoms with van der Waals surface area (Å²) in [7, 11) is 0. The van der Waals surface area contributed by atoms with Crippen LogP contribution in [0.5, 0.6) is 5.75 Å². The van der Waals surface area contributed by atoms with E-state index >= 15 is 0 Å². The van der Waals surface area contributed by atoms with Gasteiger partial charge in [-0.2, -0.15) is 0 Å². The predicted octanol–water partition coefficient (Wildman–Crippen LogP) is 3.16. The van der Waals surface area contributed by atoms with Crippen LogP contribution in [0.15, 0.2) is 53.6 Å². The van der Waals surface area contributed by atoms with Gasteiger partial charge in [0.1, 0.15) is 18.1 Å². The lowest BCUT2D eigenvalue weighted by Crippen LogP contribution is -2.59. The number of carbonyl (C=O) groups is 2. The number of nitrogens with two attached hydrogens (primary N) is 1. The molecule has 0 radical (unpaired) electrons. The molecule has 9 heteroatoms. The molecular formula is C29H36N4O5. The Labute approximate surface area is 222 Å². The minimum absolute atomic E-state index is 0.0367. The Bertz CT molecular complexity index is 1220.